The molecule has 0 saturated heterocycles. The number of hydrogen-bond acceptors (Lipinski definition) is 0. The second-order valence-electron chi connectivity index (χ2n) is 6.64. The molecule has 0 bridgehead atoms. The molecule has 1 nitrogen and oxygen atoms in total. The summed E-state index contributed by atoms with van der Waals surface area (Å²) >= 11 is 0. The molecule has 0 atom stereocenters. The first-order valence-corrected chi connectivity index (χ1v) is 9.23. The van der Waals surface area contributed by atoms with Gasteiger partial charge in [0.15, 0.2) is 0 Å². The smallest absolute Gasteiger partial charge is 1.00 e. The van der Waals surface area contributed by atoms with Crippen LogP contribution in [0.3, 0.4) is 0 Å². The molecule has 0 aliphatic rings. The van der Waals surface area contributed by atoms with E-state index in [1.165, 1.54) is 38.3 Å². The van der Waals surface area contributed by atoms with Crippen molar-refractivity contribution in [1.29, 1.82) is 0 Å². The minimum Gasteiger partial charge on any atom is -1.00 e. The first kappa shape index (κ1) is 24.2. The van der Waals surface area contributed by atoms with E-state index >= 15 is 0 Å². The summed E-state index contributed by atoms with van der Waals surface area (Å²) in [6.45, 7) is 0. The van der Waals surface area contributed by atoms with Crippen LogP contribution < -0.4 is 24.8 Å². The van der Waals surface area contributed by atoms with Crippen LogP contribution in [0.15, 0.2) is 115 Å². The standard InChI is InChI=1S/C21H14N.C5H5.2ClH.Zr/c1-2-9-16(10-3-1)22-19-13-7-6-12-18(19)21-17-11-5-4-8-15(17)14-20(21)22;1-2-4-5-3-1;;;/h1-14H;1-5H;2*1H;/q2*-1;;;+4/p-2. The first-order chi connectivity index (χ1) is 13.4. The first-order valence-electron chi connectivity index (χ1n) is 9.23. The number of benzene rings is 3. The molecular weight excluding hydrogens is 488 g/mol. The Kier molecular flexibility index (Phi) is 8.68. The summed E-state index contributed by atoms with van der Waals surface area (Å²) in [5.41, 5.74) is 3.77. The van der Waals surface area contributed by atoms with Crippen molar-refractivity contribution in [2.75, 3.05) is 0 Å². The van der Waals surface area contributed by atoms with Crippen molar-refractivity contribution in [2.45, 2.75) is 0 Å². The number of nitrogens with zero attached hydrogens (tertiary/aromatic N) is 1. The fourth-order valence-corrected chi connectivity index (χ4v) is 3.85. The third-order valence-corrected chi connectivity index (χ3v) is 5.00. The Hall–Kier alpha value is -2.12. The van der Waals surface area contributed by atoms with E-state index in [4.69, 9.17) is 0 Å². The average molecular weight is 508 g/mol. The Morgan fingerprint density at radius 3 is 1.87 bits per heavy atom. The molecule has 0 N–H and O–H groups in total. The molecule has 6 aromatic rings. The number of para-hydroxylation sites is 2. The average Bonchev–Trinajstić information content (AvgIpc) is 3.46. The van der Waals surface area contributed by atoms with Crippen molar-refractivity contribution in [3.8, 4) is 5.69 Å². The molecule has 0 saturated carbocycles. The molecule has 0 aliphatic heterocycles. The van der Waals surface area contributed by atoms with Crippen molar-refractivity contribution >= 4 is 32.6 Å². The Morgan fingerprint density at radius 1 is 0.600 bits per heavy atom. The summed E-state index contributed by atoms with van der Waals surface area (Å²) in [4.78, 5) is 0. The predicted molar refractivity (Wildman–Crippen MR) is 116 cm³/mol. The molecule has 4 heteroatoms. The maximum Gasteiger partial charge on any atom is 4.00 e. The van der Waals surface area contributed by atoms with E-state index in [0.717, 1.165) is 0 Å². The van der Waals surface area contributed by atoms with E-state index in [-0.39, 0.29) is 51.0 Å². The number of hydrogen-bond donors (Lipinski definition) is 0. The Bertz CT molecular complexity index is 1300. The monoisotopic (exact) mass is 505 g/mol. The predicted octanol–water partition coefficient (Wildman–Crippen LogP) is 1.07. The zero-order valence-corrected chi connectivity index (χ0v) is 20.1. The molecule has 0 radical (unpaired) electrons. The number of fused-ring (bicyclic) bond motifs is 5. The molecule has 6 rings (SSSR count). The van der Waals surface area contributed by atoms with E-state index < -0.39 is 0 Å². The van der Waals surface area contributed by atoms with E-state index in [9.17, 15) is 0 Å². The van der Waals surface area contributed by atoms with Gasteiger partial charge in [0.2, 0.25) is 0 Å². The van der Waals surface area contributed by atoms with Gasteiger partial charge in [-0.1, -0.05) is 47.9 Å². The number of halogens is 2. The zero-order valence-electron chi connectivity index (χ0n) is 16.2. The Labute approximate surface area is 208 Å². The normalized spacial score (nSPS) is 9.87. The van der Waals surface area contributed by atoms with Crippen LogP contribution in [-0.4, -0.2) is 4.57 Å². The van der Waals surface area contributed by atoms with Gasteiger partial charge < -0.3 is 29.4 Å². The van der Waals surface area contributed by atoms with Crippen molar-refractivity contribution in [2.24, 2.45) is 0 Å². The number of aromatic nitrogens is 1. The van der Waals surface area contributed by atoms with Gasteiger partial charge in [0.1, 0.15) is 0 Å². The zero-order chi connectivity index (χ0) is 18.1. The third kappa shape index (κ3) is 4.32. The quantitative estimate of drug-likeness (QED) is 0.294. The van der Waals surface area contributed by atoms with Crippen LogP contribution in [0.4, 0.5) is 0 Å². The van der Waals surface area contributed by atoms with E-state index in [1.807, 2.05) is 30.3 Å². The summed E-state index contributed by atoms with van der Waals surface area (Å²) in [6, 6.07) is 40.2. The van der Waals surface area contributed by atoms with Gasteiger partial charge in [0.05, 0.1) is 0 Å². The van der Waals surface area contributed by atoms with Gasteiger partial charge in [-0.2, -0.15) is 18.2 Å². The molecule has 5 aromatic carbocycles. The van der Waals surface area contributed by atoms with Crippen molar-refractivity contribution in [1.82, 2.24) is 4.57 Å². The van der Waals surface area contributed by atoms with Gasteiger partial charge in [0.25, 0.3) is 0 Å². The topological polar surface area (TPSA) is 4.93 Å². The van der Waals surface area contributed by atoms with Crippen LogP contribution in [0.2, 0.25) is 0 Å². The van der Waals surface area contributed by atoms with E-state index in [1.54, 1.807) is 0 Å². The fraction of sp³-hybridized carbons (Fsp3) is 0. The maximum atomic E-state index is 2.37. The van der Waals surface area contributed by atoms with Crippen LogP contribution in [-0.2, 0) is 26.2 Å². The molecule has 0 unspecified atom stereocenters. The van der Waals surface area contributed by atoms with E-state index in [0.29, 0.717) is 0 Å². The van der Waals surface area contributed by atoms with Gasteiger partial charge in [-0.05, 0) is 29.1 Å². The fourth-order valence-electron chi connectivity index (χ4n) is 3.85. The minimum atomic E-state index is 0. The molecule has 0 fully saturated rings. The minimum absolute atomic E-state index is 0. The molecule has 1 heterocycles. The van der Waals surface area contributed by atoms with Gasteiger partial charge in [-0.25, -0.2) is 12.1 Å². The second kappa shape index (κ2) is 10.8. The maximum absolute atomic E-state index is 2.37. The summed E-state index contributed by atoms with van der Waals surface area (Å²) in [7, 11) is 0. The third-order valence-electron chi connectivity index (χ3n) is 5.00. The molecule has 146 valence electrons. The van der Waals surface area contributed by atoms with Gasteiger partial charge >= 0.3 is 26.2 Å². The molecule has 0 spiro atoms. The van der Waals surface area contributed by atoms with Crippen LogP contribution in [0.1, 0.15) is 0 Å². The summed E-state index contributed by atoms with van der Waals surface area (Å²) in [5.74, 6) is 0. The van der Waals surface area contributed by atoms with Gasteiger partial charge in [-0.15, -0.1) is 35.0 Å². The summed E-state index contributed by atoms with van der Waals surface area (Å²) < 4.78 is 2.37. The number of rotatable bonds is 1. The second-order valence-corrected chi connectivity index (χ2v) is 6.64. The molecule has 0 aliphatic carbocycles. The van der Waals surface area contributed by atoms with Crippen LogP contribution >= 0.6 is 0 Å². The Balaban J connectivity index is 0.000000356. The molecule has 0 amide bonds. The van der Waals surface area contributed by atoms with Crippen LogP contribution in [0.5, 0.6) is 0 Å². The molecular formula is C26H19Cl2NZr. The van der Waals surface area contributed by atoms with Crippen LogP contribution in [0, 0.1) is 0 Å². The van der Waals surface area contributed by atoms with Crippen LogP contribution in [0.25, 0.3) is 38.3 Å². The van der Waals surface area contributed by atoms with E-state index in [2.05, 4.69) is 89.5 Å². The largest absolute Gasteiger partial charge is 4.00 e. The molecule has 1 aromatic heterocycles. The van der Waals surface area contributed by atoms with Crippen molar-refractivity contribution in [3.63, 3.8) is 0 Å². The van der Waals surface area contributed by atoms with Crippen molar-refractivity contribution in [3.05, 3.63) is 115 Å². The van der Waals surface area contributed by atoms with Gasteiger partial charge in [-0.3, -0.25) is 0 Å². The summed E-state index contributed by atoms with van der Waals surface area (Å²) in [6.07, 6.45) is 0. The Morgan fingerprint density at radius 2 is 1.20 bits per heavy atom. The summed E-state index contributed by atoms with van der Waals surface area (Å²) in [5, 5.41) is 5.32. The van der Waals surface area contributed by atoms with Crippen molar-refractivity contribution < 1.29 is 51.0 Å². The van der Waals surface area contributed by atoms with Gasteiger partial charge in [0, 0.05) is 11.2 Å². The molecule has 30 heavy (non-hydrogen) atoms. The SMILES string of the molecule is [Cl-].[Cl-].[Zr+4].c1cc[cH-]c1.c1ccc(-n2c3ccccc3c3c4ccccc4[cH-]c32)cc1.